The van der Waals surface area contributed by atoms with Crippen molar-refractivity contribution in [3.05, 3.63) is 29.3 Å². The summed E-state index contributed by atoms with van der Waals surface area (Å²) in [6, 6.07) is 5.53. The number of hydrogen-bond donors (Lipinski definition) is 3. The highest BCUT2D eigenvalue weighted by Crippen LogP contribution is 2.16. The Balaban J connectivity index is 2.61. The van der Waals surface area contributed by atoms with E-state index in [1.54, 1.807) is 13.1 Å². The fraction of sp³-hybridized carbons (Fsp3) is 0.417. The van der Waals surface area contributed by atoms with Crippen LogP contribution in [0.4, 0.5) is 5.69 Å². The third kappa shape index (κ3) is 5.27. The van der Waals surface area contributed by atoms with Crippen LogP contribution < -0.4 is 15.4 Å². The van der Waals surface area contributed by atoms with E-state index in [0.29, 0.717) is 5.56 Å². The molecule has 3 N–H and O–H groups in total. The number of sulfonamides is 1. The molecule has 0 saturated heterocycles. The molecular formula is C12H19N3O3S. The largest absolute Gasteiger partial charge is 0.387 e. The molecule has 0 unspecified atom stereocenters. The highest BCUT2D eigenvalue weighted by atomic mass is 32.2. The summed E-state index contributed by atoms with van der Waals surface area (Å²) >= 11 is 0. The lowest BCUT2D eigenvalue weighted by atomic mass is 10.1. The molecule has 1 aromatic rings. The van der Waals surface area contributed by atoms with Crippen molar-refractivity contribution in [2.24, 2.45) is 0 Å². The second-order valence-corrected chi connectivity index (χ2v) is 6.05. The Labute approximate surface area is 113 Å². The summed E-state index contributed by atoms with van der Waals surface area (Å²) < 4.78 is 24.0. The van der Waals surface area contributed by atoms with E-state index in [9.17, 15) is 13.2 Å². The predicted octanol–water partition coefficient (Wildman–Crippen LogP) is 0.316. The summed E-state index contributed by atoms with van der Waals surface area (Å²) in [5.41, 5.74) is 2.26. The molecule has 0 aliphatic carbocycles. The molecule has 0 bridgehead atoms. The minimum atomic E-state index is -3.22. The number of rotatable bonds is 6. The highest BCUT2D eigenvalue weighted by Gasteiger charge is 2.10. The van der Waals surface area contributed by atoms with Crippen molar-refractivity contribution in [1.82, 2.24) is 10.0 Å². The molecule has 0 aliphatic rings. The molecule has 0 saturated carbocycles. The Bertz CT molecular complexity index is 555. The normalized spacial score (nSPS) is 11.1. The smallest absolute Gasteiger partial charge is 0.253 e. The van der Waals surface area contributed by atoms with Gasteiger partial charge in [0.1, 0.15) is 0 Å². The maximum atomic E-state index is 12.0. The molecule has 0 atom stereocenters. The van der Waals surface area contributed by atoms with Crippen LogP contribution in [0.2, 0.25) is 0 Å². The van der Waals surface area contributed by atoms with E-state index in [-0.39, 0.29) is 19.0 Å². The number of amides is 1. The van der Waals surface area contributed by atoms with E-state index in [4.69, 9.17) is 0 Å². The summed E-state index contributed by atoms with van der Waals surface area (Å²) in [7, 11) is -1.48. The van der Waals surface area contributed by atoms with Crippen molar-refractivity contribution >= 4 is 21.6 Å². The lowest BCUT2D eigenvalue weighted by molar-refractivity contribution is 0.0955. The molecule has 0 aromatic heterocycles. The van der Waals surface area contributed by atoms with Gasteiger partial charge >= 0.3 is 0 Å². The Hall–Kier alpha value is -1.60. The van der Waals surface area contributed by atoms with Crippen LogP contribution in [0.25, 0.3) is 0 Å². The zero-order valence-electron chi connectivity index (χ0n) is 11.3. The molecule has 0 fully saturated rings. The average molecular weight is 285 g/mol. The van der Waals surface area contributed by atoms with Gasteiger partial charge in [-0.3, -0.25) is 4.79 Å². The second kappa shape index (κ2) is 6.53. The minimum absolute atomic E-state index is 0.172. The van der Waals surface area contributed by atoms with E-state index in [0.717, 1.165) is 17.5 Å². The maximum absolute atomic E-state index is 12.0. The SMILES string of the molecule is CNc1ccc(C)cc1C(=O)NCCNS(C)(=O)=O. The van der Waals surface area contributed by atoms with Crippen molar-refractivity contribution < 1.29 is 13.2 Å². The first-order valence-electron chi connectivity index (χ1n) is 5.84. The number of nitrogens with one attached hydrogen (secondary N) is 3. The topological polar surface area (TPSA) is 87.3 Å². The predicted molar refractivity (Wildman–Crippen MR) is 75.9 cm³/mol. The Kier molecular flexibility index (Phi) is 5.31. The molecular weight excluding hydrogens is 266 g/mol. The van der Waals surface area contributed by atoms with Crippen molar-refractivity contribution in [2.75, 3.05) is 31.7 Å². The maximum Gasteiger partial charge on any atom is 0.253 e. The average Bonchev–Trinajstić information content (AvgIpc) is 2.33. The number of aryl methyl sites for hydroxylation is 1. The van der Waals surface area contributed by atoms with Crippen LogP contribution in [0.3, 0.4) is 0 Å². The monoisotopic (exact) mass is 285 g/mol. The fourth-order valence-electron chi connectivity index (χ4n) is 1.57. The highest BCUT2D eigenvalue weighted by molar-refractivity contribution is 7.88. The number of hydrogen-bond acceptors (Lipinski definition) is 4. The quantitative estimate of drug-likeness (QED) is 0.657. The molecule has 0 radical (unpaired) electrons. The van der Waals surface area contributed by atoms with E-state index in [1.807, 2.05) is 19.1 Å². The van der Waals surface area contributed by atoms with Gasteiger partial charge in [-0.2, -0.15) is 0 Å². The van der Waals surface area contributed by atoms with E-state index in [2.05, 4.69) is 15.4 Å². The van der Waals surface area contributed by atoms with Crippen molar-refractivity contribution in [3.63, 3.8) is 0 Å². The molecule has 0 aliphatic heterocycles. The van der Waals surface area contributed by atoms with Gasteiger partial charge in [0.25, 0.3) is 5.91 Å². The first-order chi connectivity index (χ1) is 8.83. The first-order valence-corrected chi connectivity index (χ1v) is 7.74. The molecule has 19 heavy (non-hydrogen) atoms. The third-order valence-electron chi connectivity index (χ3n) is 2.46. The van der Waals surface area contributed by atoms with Crippen LogP contribution in [0, 0.1) is 6.92 Å². The van der Waals surface area contributed by atoms with E-state index < -0.39 is 10.0 Å². The van der Waals surface area contributed by atoms with Crippen molar-refractivity contribution in [3.8, 4) is 0 Å². The second-order valence-electron chi connectivity index (χ2n) is 4.22. The summed E-state index contributed by atoms with van der Waals surface area (Å²) in [5, 5.41) is 5.61. The third-order valence-corrected chi connectivity index (χ3v) is 3.19. The van der Waals surface area contributed by atoms with Crippen LogP contribution in [0.1, 0.15) is 15.9 Å². The number of benzene rings is 1. The molecule has 6 nitrogen and oxygen atoms in total. The Morgan fingerprint density at radius 2 is 1.95 bits per heavy atom. The van der Waals surface area contributed by atoms with Crippen LogP contribution in [-0.2, 0) is 10.0 Å². The van der Waals surface area contributed by atoms with Gasteiger partial charge in [0, 0.05) is 25.8 Å². The van der Waals surface area contributed by atoms with Crippen LogP contribution in [-0.4, -0.2) is 40.7 Å². The number of anilines is 1. The molecule has 7 heteroatoms. The van der Waals surface area contributed by atoms with E-state index in [1.165, 1.54) is 0 Å². The molecule has 1 aromatic carbocycles. The zero-order valence-corrected chi connectivity index (χ0v) is 12.1. The lowest BCUT2D eigenvalue weighted by Crippen LogP contribution is -2.34. The molecule has 0 heterocycles. The number of carbonyl (C=O) groups excluding carboxylic acids is 1. The Morgan fingerprint density at radius 3 is 2.53 bits per heavy atom. The lowest BCUT2D eigenvalue weighted by Gasteiger charge is -2.10. The van der Waals surface area contributed by atoms with Gasteiger partial charge in [-0.05, 0) is 19.1 Å². The van der Waals surface area contributed by atoms with Gasteiger partial charge in [0.2, 0.25) is 10.0 Å². The van der Waals surface area contributed by atoms with Crippen LogP contribution >= 0.6 is 0 Å². The molecule has 0 spiro atoms. The summed E-state index contributed by atoms with van der Waals surface area (Å²) in [4.78, 5) is 12.0. The van der Waals surface area contributed by atoms with Gasteiger partial charge in [-0.15, -0.1) is 0 Å². The fourth-order valence-corrected chi connectivity index (χ4v) is 2.04. The van der Waals surface area contributed by atoms with Crippen LogP contribution in [0.15, 0.2) is 18.2 Å². The molecule has 1 rings (SSSR count). The first kappa shape index (κ1) is 15.5. The van der Waals surface area contributed by atoms with E-state index >= 15 is 0 Å². The summed E-state index contributed by atoms with van der Waals surface area (Å²) in [5.74, 6) is -0.233. The van der Waals surface area contributed by atoms with Gasteiger partial charge < -0.3 is 10.6 Å². The van der Waals surface area contributed by atoms with Crippen LogP contribution in [0.5, 0.6) is 0 Å². The minimum Gasteiger partial charge on any atom is -0.387 e. The van der Waals surface area contributed by atoms with Gasteiger partial charge in [0.15, 0.2) is 0 Å². The summed E-state index contributed by atoms with van der Waals surface area (Å²) in [6.45, 7) is 2.32. The standard InChI is InChI=1S/C12H19N3O3S/c1-9-4-5-11(13-2)10(8-9)12(16)14-6-7-15-19(3,17)18/h4-5,8,13,15H,6-7H2,1-3H3,(H,14,16). The summed E-state index contributed by atoms with van der Waals surface area (Å²) in [6.07, 6.45) is 1.08. The Morgan fingerprint density at radius 1 is 1.26 bits per heavy atom. The van der Waals surface area contributed by atoms with Crippen molar-refractivity contribution in [1.29, 1.82) is 0 Å². The zero-order chi connectivity index (χ0) is 14.5. The van der Waals surface area contributed by atoms with Gasteiger partial charge in [-0.1, -0.05) is 11.6 Å². The number of carbonyl (C=O) groups is 1. The van der Waals surface area contributed by atoms with Gasteiger partial charge in [0.05, 0.1) is 11.8 Å². The molecule has 106 valence electrons. The molecule has 1 amide bonds. The van der Waals surface area contributed by atoms with Crippen molar-refractivity contribution in [2.45, 2.75) is 6.92 Å². The van der Waals surface area contributed by atoms with Gasteiger partial charge in [-0.25, -0.2) is 13.1 Å².